The van der Waals surface area contributed by atoms with Gasteiger partial charge in [-0.15, -0.1) is 0 Å². The molecule has 0 aliphatic rings. The second kappa shape index (κ2) is 8.08. The van der Waals surface area contributed by atoms with Crippen LogP contribution < -0.4 is 14.8 Å². The van der Waals surface area contributed by atoms with Gasteiger partial charge in [-0.3, -0.25) is 4.79 Å². The first-order chi connectivity index (χ1) is 10.7. The Kier molecular flexibility index (Phi) is 5.83. The van der Waals surface area contributed by atoms with Gasteiger partial charge in [0, 0.05) is 0 Å². The van der Waals surface area contributed by atoms with Crippen molar-refractivity contribution in [3.05, 3.63) is 60.2 Å². The summed E-state index contributed by atoms with van der Waals surface area (Å²) in [5.74, 6) is 1.29. The number of benzene rings is 2. The molecule has 0 unspecified atom stereocenters. The van der Waals surface area contributed by atoms with Crippen molar-refractivity contribution in [1.82, 2.24) is 5.32 Å². The molecule has 116 valence electrons. The normalized spacial score (nSPS) is 11.5. The molecule has 0 heterocycles. The van der Waals surface area contributed by atoms with Crippen molar-refractivity contribution in [3.63, 3.8) is 0 Å². The minimum Gasteiger partial charge on any atom is -0.494 e. The van der Waals surface area contributed by atoms with Gasteiger partial charge in [0.2, 0.25) is 0 Å². The number of carbonyl (C=O) groups excluding carboxylic acids is 1. The van der Waals surface area contributed by atoms with Crippen molar-refractivity contribution < 1.29 is 14.3 Å². The van der Waals surface area contributed by atoms with Crippen LogP contribution in [-0.2, 0) is 4.79 Å². The number of carbonyl (C=O) groups is 1. The van der Waals surface area contributed by atoms with E-state index >= 15 is 0 Å². The highest BCUT2D eigenvalue weighted by Crippen LogP contribution is 2.17. The molecule has 0 radical (unpaired) electrons. The fourth-order valence-electron chi connectivity index (χ4n) is 2.06. The van der Waals surface area contributed by atoms with Crippen molar-refractivity contribution in [2.45, 2.75) is 19.9 Å². The Morgan fingerprint density at radius 1 is 1.00 bits per heavy atom. The summed E-state index contributed by atoms with van der Waals surface area (Å²) < 4.78 is 10.8. The molecule has 2 rings (SSSR count). The smallest absolute Gasteiger partial charge is 0.258 e. The number of nitrogens with one attached hydrogen (secondary N) is 1. The van der Waals surface area contributed by atoms with Gasteiger partial charge in [-0.2, -0.15) is 0 Å². The number of amides is 1. The largest absolute Gasteiger partial charge is 0.494 e. The maximum absolute atomic E-state index is 11.9. The van der Waals surface area contributed by atoms with Gasteiger partial charge in [0.05, 0.1) is 12.6 Å². The van der Waals surface area contributed by atoms with Crippen LogP contribution in [-0.4, -0.2) is 19.1 Å². The Labute approximate surface area is 131 Å². The molecule has 1 atom stereocenters. The van der Waals surface area contributed by atoms with E-state index in [0.717, 1.165) is 11.3 Å². The first-order valence-electron chi connectivity index (χ1n) is 7.39. The molecule has 4 heteroatoms. The third-order valence-corrected chi connectivity index (χ3v) is 3.18. The van der Waals surface area contributed by atoms with Crippen LogP contribution in [0.25, 0.3) is 0 Å². The highest BCUT2D eigenvalue weighted by Gasteiger charge is 2.09. The van der Waals surface area contributed by atoms with Crippen LogP contribution in [0.3, 0.4) is 0 Å². The van der Waals surface area contributed by atoms with Gasteiger partial charge >= 0.3 is 0 Å². The van der Waals surface area contributed by atoms with Gasteiger partial charge in [0.15, 0.2) is 6.61 Å². The minimum absolute atomic E-state index is 0.00877. The third kappa shape index (κ3) is 4.81. The lowest BCUT2D eigenvalue weighted by Crippen LogP contribution is -2.31. The summed E-state index contributed by atoms with van der Waals surface area (Å²) in [6, 6.07) is 17.0. The second-order valence-electron chi connectivity index (χ2n) is 4.89. The monoisotopic (exact) mass is 299 g/mol. The van der Waals surface area contributed by atoms with Gasteiger partial charge in [0.1, 0.15) is 11.5 Å². The molecule has 2 aromatic carbocycles. The Bertz CT molecular complexity index is 581. The van der Waals surface area contributed by atoms with E-state index in [9.17, 15) is 4.79 Å². The molecule has 0 bridgehead atoms. The van der Waals surface area contributed by atoms with Crippen LogP contribution in [0.15, 0.2) is 54.6 Å². The molecule has 0 saturated carbocycles. The molecular weight excluding hydrogens is 278 g/mol. The second-order valence-corrected chi connectivity index (χ2v) is 4.89. The van der Waals surface area contributed by atoms with Gasteiger partial charge in [0.25, 0.3) is 5.91 Å². The van der Waals surface area contributed by atoms with Crippen LogP contribution in [0, 0.1) is 0 Å². The zero-order chi connectivity index (χ0) is 15.8. The molecule has 1 N–H and O–H groups in total. The summed E-state index contributed by atoms with van der Waals surface area (Å²) in [4.78, 5) is 11.9. The summed E-state index contributed by atoms with van der Waals surface area (Å²) in [5, 5.41) is 2.91. The average molecular weight is 299 g/mol. The number of ether oxygens (including phenoxy) is 2. The van der Waals surface area contributed by atoms with E-state index in [0.29, 0.717) is 12.4 Å². The summed E-state index contributed by atoms with van der Waals surface area (Å²) in [5.41, 5.74) is 1.07. The molecular formula is C18H21NO3. The van der Waals surface area contributed by atoms with E-state index in [2.05, 4.69) is 5.32 Å². The SMILES string of the molecule is CCOc1ccc(OCC(=O)N[C@H](C)c2ccccc2)cc1. The van der Waals surface area contributed by atoms with Crippen LogP contribution in [0.2, 0.25) is 0 Å². The fourth-order valence-corrected chi connectivity index (χ4v) is 2.06. The van der Waals surface area contributed by atoms with Crippen LogP contribution >= 0.6 is 0 Å². The average Bonchev–Trinajstić information content (AvgIpc) is 2.55. The summed E-state index contributed by atoms with van der Waals surface area (Å²) in [6.45, 7) is 4.50. The van der Waals surface area contributed by atoms with Gasteiger partial charge < -0.3 is 14.8 Å². The Balaban J connectivity index is 1.80. The lowest BCUT2D eigenvalue weighted by atomic mass is 10.1. The quantitative estimate of drug-likeness (QED) is 0.853. The van der Waals surface area contributed by atoms with Crippen LogP contribution in [0.4, 0.5) is 0 Å². The molecule has 0 aliphatic heterocycles. The predicted octanol–water partition coefficient (Wildman–Crippen LogP) is 3.34. The van der Waals surface area contributed by atoms with Crippen molar-refractivity contribution in [1.29, 1.82) is 0 Å². The highest BCUT2D eigenvalue weighted by molar-refractivity contribution is 5.78. The van der Waals surface area contributed by atoms with Gasteiger partial charge in [-0.05, 0) is 43.7 Å². The highest BCUT2D eigenvalue weighted by atomic mass is 16.5. The first-order valence-corrected chi connectivity index (χ1v) is 7.39. The van der Waals surface area contributed by atoms with E-state index in [1.807, 2.05) is 56.3 Å². The number of rotatable bonds is 7. The summed E-state index contributed by atoms with van der Waals surface area (Å²) >= 11 is 0. The minimum atomic E-state index is -0.148. The number of hydrogen-bond donors (Lipinski definition) is 1. The lowest BCUT2D eigenvalue weighted by Gasteiger charge is -2.14. The molecule has 0 saturated heterocycles. The van der Waals surface area contributed by atoms with E-state index in [1.165, 1.54) is 0 Å². The molecule has 0 aromatic heterocycles. The lowest BCUT2D eigenvalue weighted by molar-refractivity contribution is -0.123. The van der Waals surface area contributed by atoms with Crippen molar-refractivity contribution in [2.24, 2.45) is 0 Å². The van der Waals surface area contributed by atoms with Gasteiger partial charge in [-0.1, -0.05) is 30.3 Å². The third-order valence-electron chi connectivity index (χ3n) is 3.18. The van der Waals surface area contributed by atoms with Gasteiger partial charge in [-0.25, -0.2) is 0 Å². The van der Waals surface area contributed by atoms with Crippen LogP contribution in [0.1, 0.15) is 25.5 Å². The molecule has 2 aromatic rings. The van der Waals surface area contributed by atoms with E-state index in [4.69, 9.17) is 9.47 Å². The van der Waals surface area contributed by atoms with E-state index in [-0.39, 0.29) is 18.6 Å². The predicted molar refractivity (Wildman–Crippen MR) is 86.1 cm³/mol. The summed E-state index contributed by atoms with van der Waals surface area (Å²) in [7, 11) is 0. The van der Waals surface area contributed by atoms with Crippen molar-refractivity contribution in [3.8, 4) is 11.5 Å². The molecule has 0 fully saturated rings. The zero-order valence-corrected chi connectivity index (χ0v) is 12.9. The summed E-state index contributed by atoms with van der Waals surface area (Å²) in [6.07, 6.45) is 0. The number of hydrogen-bond acceptors (Lipinski definition) is 3. The Hall–Kier alpha value is -2.49. The fraction of sp³-hybridized carbons (Fsp3) is 0.278. The topological polar surface area (TPSA) is 47.6 Å². The molecule has 1 amide bonds. The van der Waals surface area contributed by atoms with Crippen LogP contribution in [0.5, 0.6) is 11.5 Å². The molecule has 4 nitrogen and oxygen atoms in total. The van der Waals surface area contributed by atoms with Crippen molar-refractivity contribution >= 4 is 5.91 Å². The molecule has 0 aliphatic carbocycles. The maximum atomic E-state index is 11.9. The Morgan fingerprint density at radius 3 is 2.18 bits per heavy atom. The maximum Gasteiger partial charge on any atom is 0.258 e. The van der Waals surface area contributed by atoms with E-state index in [1.54, 1.807) is 12.1 Å². The standard InChI is InChI=1S/C18H21NO3/c1-3-21-16-9-11-17(12-10-16)22-13-18(20)19-14(2)15-7-5-4-6-8-15/h4-12,14H,3,13H2,1-2H3,(H,19,20)/t14-/m1/s1. The molecule has 0 spiro atoms. The van der Waals surface area contributed by atoms with E-state index < -0.39 is 0 Å². The zero-order valence-electron chi connectivity index (χ0n) is 12.9. The van der Waals surface area contributed by atoms with Crippen molar-refractivity contribution in [2.75, 3.05) is 13.2 Å². The molecule has 22 heavy (non-hydrogen) atoms. The Morgan fingerprint density at radius 2 is 1.59 bits per heavy atom. The first kappa shape index (κ1) is 15.9.